The van der Waals surface area contributed by atoms with Crippen molar-refractivity contribution < 1.29 is 13.2 Å². The third kappa shape index (κ3) is 4.64. The Bertz CT molecular complexity index is 1070. The van der Waals surface area contributed by atoms with Gasteiger partial charge in [-0.25, -0.2) is 8.42 Å². The molecule has 2 heterocycles. The third-order valence-corrected chi connectivity index (χ3v) is 8.41. The highest BCUT2D eigenvalue weighted by molar-refractivity contribution is 7.89. The van der Waals surface area contributed by atoms with Crippen LogP contribution in [0.3, 0.4) is 0 Å². The Balaban J connectivity index is 1.69. The summed E-state index contributed by atoms with van der Waals surface area (Å²) in [5, 5.41) is 0. The lowest BCUT2D eigenvalue weighted by atomic mass is 10.1. The monoisotopic (exact) mass is 445 g/mol. The fourth-order valence-corrected chi connectivity index (χ4v) is 6.81. The largest absolute Gasteiger partial charge is 0.346 e. The molecule has 1 aliphatic heterocycles. The van der Waals surface area contributed by atoms with Gasteiger partial charge >= 0.3 is 0 Å². The van der Waals surface area contributed by atoms with E-state index < -0.39 is 10.0 Å². The molecular formula is C24H35N3O3S. The predicted octanol–water partition coefficient (Wildman–Crippen LogP) is 3.80. The van der Waals surface area contributed by atoms with E-state index in [-0.39, 0.29) is 5.78 Å². The first-order valence-corrected chi connectivity index (χ1v) is 12.4. The molecule has 2 aromatic rings. The molecule has 0 unspecified atom stereocenters. The van der Waals surface area contributed by atoms with Gasteiger partial charge in [0.05, 0.1) is 11.4 Å². The second-order valence-corrected chi connectivity index (χ2v) is 11.0. The number of sulfonamides is 1. The van der Waals surface area contributed by atoms with Gasteiger partial charge in [0.15, 0.2) is 5.78 Å². The van der Waals surface area contributed by atoms with E-state index in [4.69, 9.17) is 0 Å². The Labute approximate surface area is 186 Å². The number of benzene rings is 1. The molecule has 1 fully saturated rings. The van der Waals surface area contributed by atoms with Crippen molar-refractivity contribution in [2.24, 2.45) is 0 Å². The molecule has 0 N–H and O–H groups in total. The number of hydrogen-bond acceptors (Lipinski definition) is 4. The Morgan fingerprint density at radius 3 is 1.97 bits per heavy atom. The number of rotatable bonds is 6. The van der Waals surface area contributed by atoms with Crippen molar-refractivity contribution in [1.29, 1.82) is 0 Å². The SMILES string of the molecule is Cc1cc(C)c(S(=O)(=O)N2CCN(CC(=O)c3cc(C)n(C(C)C)c3C)CC2)c(C)c1. The maximum absolute atomic E-state index is 13.3. The average Bonchev–Trinajstić information content (AvgIpc) is 2.95. The molecule has 7 heteroatoms. The second-order valence-electron chi connectivity index (χ2n) is 9.08. The summed E-state index contributed by atoms with van der Waals surface area (Å²) in [6, 6.07) is 6.12. The fraction of sp³-hybridized carbons (Fsp3) is 0.542. The van der Waals surface area contributed by atoms with Crippen LogP contribution < -0.4 is 0 Å². The van der Waals surface area contributed by atoms with Crippen LogP contribution >= 0.6 is 0 Å². The molecule has 1 aliphatic rings. The summed E-state index contributed by atoms with van der Waals surface area (Å²) in [6.07, 6.45) is 0. The number of Topliss-reactive ketones (excluding diaryl/α,β-unsaturated/α-hetero) is 1. The average molecular weight is 446 g/mol. The smallest absolute Gasteiger partial charge is 0.243 e. The van der Waals surface area contributed by atoms with Gasteiger partial charge in [-0.05, 0) is 65.7 Å². The van der Waals surface area contributed by atoms with Crippen LogP contribution in [0.15, 0.2) is 23.1 Å². The van der Waals surface area contributed by atoms with Crippen LogP contribution in [0.1, 0.15) is 58.3 Å². The summed E-state index contributed by atoms with van der Waals surface area (Å²) in [5.74, 6) is 0.0986. The van der Waals surface area contributed by atoms with Crippen molar-refractivity contribution in [2.75, 3.05) is 32.7 Å². The number of carbonyl (C=O) groups excluding carboxylic acids is 1. The zero-order valence-electron chi connectivity index (χ0n) is 19.8. The molecule has 31 heavy (non-hydrogen) atoms. The highest BCUT2D eigenvalue weighted by atomic mass is 32.2. The molecule has 0 amide bonds. The first-order valence-electron chi connectivity index (χ1n) is 11.0. The van der Waals surface area contributed by atoms with Gasteiger partial charge < -0.3 is 4.57 Å². The topological polar surface area (TPSA) is 62.6 Å². The molecule has 0 spiro atoms. The summed E-state index contributed by atoms with van der Waals surface area (Å²) in [6.45, 7) is 16.2. The molecule has 0 atom stereocenters. The molecule has 6 nitrogen and oxygen atoms in total. The van der Waals surface area contributed by atoms with Gasteiger partial charge in [0.1, 0.15) is 0 Å². The van der Waals surface area contributed by atoms with Gasteiger partial charge in [-0.15, -0.1) is 0 Å². The maximum atomic E-state index is 13.3. The molecule has 1 aromatic heterocycles. The Kier molecular flexibility index (Phi) is 6.79. The van der Waals surface area contributed by atoms with Gasteiger partial charge in [-0.1, -0.05) is 17.7 Å². The third-order valence-electron chi connectivity index (χ3n) is 6.20. The van der Waals surface area contributed by atoms with Crippen LogP contribution in [-0.4, -0.2) is 60.7 Å². The van der Waals surface area contributed by atoms with E-state index >= 15 is 0 Å². The van der Waals surface area contributed by atoms with Crippen molar-refractivity contribution in [3.8, 4) is 0 Å². The molecule has 1 saturated heterocycles. The number of aromatic nitrogens is 1. The normalized spacial score (nSPS) is 16.3. The Hall–Kier alpha value is -1.96. The summed E-state index contributed by atoms with van der Waals surface area (Å²) in [7, 11) is -3.54. The fourth-order valence-electron chi connectivity index (χ4n) is 4.97. The lowest BCUT2D eigenvalue weighted by molar-refractivity contribution is 0.0901. The minimum absolute atomic E-state index is 0.0986. The number of aryl methyl sites for hydroxylation is 4. The van der Waals surface area contributed by atoms with E-state index in [0.717, 1.165) is 33.6 Å². The van der Waals surface area contributed by atoms with Gasteiger partial charge in [0, 0.05) is 49.2 Å². The Morgan fingerprint density at radius 1 is 0.935 bits per heavy atom. The number of piperazine rings is 1. The quantitative estimate of drug-likeness (QED) is 0.635. The molecule has 1 aromatic carbocycles. The molecule has 170 valence electrons. The first kappa shape index (κ1) is 23.7. The van der Waals surface area contributed by atoms with Gasteiger partial charge in [-0.2, -0.15) is 4.31 Å². The van der Waals surface area contributed by atoms with Crippen LogP contribution in [0.5, 0.6) is 0 Å². The minimum atomic E-state index is -3.54. The lowest BCUT2D eigenvalue weighted by Gasteiger charge is -2.34. The maximum Gasteiger partial charge on any atom is 0.243 e. The van der Waals surface area contributed by atoms with Crippen LogP contribution in [0, 0.1) is 34.6 Å². The molecule has 0 radical (unpaired) electrons. The zero-order chi connectivity index (χ0) is 23.1. The van der Waals surface area contributed by atoms with Gasteiger partial charge in [0.25, 0.3) is 0 Å². The summed E-state index contributed by atoms with van der Waals surface area (Å²) < 4.78 is 30.3. The van der Waals surface area contributed by atoms with Crippen LogP contribution in [-0.2, 0) is 10.0 Å². The van der Waals surface area contributed by atoms with Crippen molar-refractivity contribution in [3.05, 3.63) is 51.8 Å². The van der Waals surface area contributed by atoms with E-state index in [1.807, 2.05) is 52.8 Å². The van der Waals surface area contributed by atoms with E-state index in [9.17, 15) is 13.2 Å². The van der Waals surface area contributed by atoms with Gasteiger partial charge in [0.2, 0.25) is 10.0 Å². The van der Waals surface area contributed by atoms with Crippen molar-refractivity contribution >= 4 is 15.8 Å². The Morgan fingerprint density at radius 2 is 1.48 bits per heavy atom. The summed E-state index contributed by atoms with van der Waals surface area (Å²) in [4.78, 5) is 15.4. The predicted molar refractivity (Wildman–Crippen MR) is 124 cm³/mol. The molecule has 0 aliphatic carbocycles. The van der Waals surface area contributed by atoms with Crippen molar-refractivity contribution in [1.82, 2.24) is 13.8 Å². The van der Waals surface area contributed by atoms with Crippen molar-refractivity contribution in [3.63, 3.8) is 0 Å². The van der Waals surface area contributed by atoms with Crippen LogP contribution in [0.4, 0.5) is 0 Å². The number of nitrogens with zero attached hydrogens (tertiary/aromatic N) is 3. The molecule has 0 saturated carbocycles. The molecule has 3 rings (SSSR count). The van der Waals surface area contributed by atoms with Crippen LogP contribution in [0.2, 0.25) is 0 Å². The lowest BCUT2D eigenvalue weighted by Crippen LogP contribution is -2.50. The van der Waals surface area contributed by atoms with Gasteiger partial charge in [-0.3, -0.25) is 9.69 Å². The van der Waals surface area contributed by atoms with E-state index in [1.54, 1.807) is 4.31 Å². The number of carbonyl (C=O) groups is 1. The van der Waals surface area contributed by atoms with Crippen LogP contribution in [0.25, 0.3) is 0 Å². The van der Waals surface area contributed by atoms with E-state index in [2.05, 4.69) is 23.3 Å². The van der Waals surface area contributed by atoms with Crippen molar-refractivity contribution in [2.45, 2.75) is 59.4 Å². The molecular weight excluding hydrogens is 410 g/mol. The van der Waals surface area contributed by atoms with E-state index in [1.165, 1.54) is 0 Å². The first-order chi connectivity index (χ1) is 14.4. The summed E-state index contributed by atoms with van der Waals surface area (Å²) >= 11 is 0. The molecule has 0 bridgehead atoms. The highest BCUT2D eigenvalue weighted by Crippen LogP contribution is 2.26. The zero-order valence-corrected chi connectivity index (χ0v) is 20.6. The summed E-state index contributed by atoms with van der Waals surface area (Å²) in [5.41, 5.74) is 5.51. The highest BCUT2D eigenvalue weighted by Gasteiger charge is 2.31. The second kappa shape index (κ2) is 8.88. The standard InChI is InChI=1S/C24H35N3O3S/c1-16(2)27-20(6)14-22(21(27)7)23(28)15-25-8-10-26(11-9-25)31(29,30)24-18(4)12-17(3)13-19(24)5/h12-14,16H,8-11,15H2,1-7H3. The minimum Gasteiger partial charge on any atom is -0.346 e. The number of hydrogen-bond donors (Lipinski definition) is 0. The number of ketones is 1. The van der Waals surface area contributed by atoms with E-state index in [0.29, 0.717) is 43.7 Å².